The Morgan fingerprint density at radius 2 is 2.40 bits per heavy atom. The average molecular weight is 269 g/mol. The number of carboxylic acids is 1. The molecule has 2 rings (SSSR count). The second kappa shape index (κ2) is 3.63. The van der Waals surface area contributed by atoms with Crippen LogP contribution in [-0.2, 0) is 10.2 Å². The van der Waals surface area contributed by atoms with Gasteiger partial charge in [0.2, 0.25) is 0 Å². The molecule has 0 aliphatic heterocycles. The number of carboxylic acid groups (broad SMARTS) is 1. The summed E-state index contributed by atoms with van der Waals surface area (Å²) in [5.41, 5.74) is 2.16. The number of aryl methyl sites for hydroxylation is 1. The van der Waals surface area contributed by atoms with Crippen molar-refractivity contribution in [1.29, 1.82) is 0 Å². The lowest BCUT2D eigenvalue weighted by atomic mass is 9.94. The normalized spacial score (nSPS) is 28.8. The Hall–Kier alpha value is -0.830. The number of hydrogen-bond donors (Lipinski definition) is 1. The first-order valence-corrected chi connectivity index (χ1v) is 6.08. The van der Waals surface area contributed by atoms with Crippen molar-refractivity contribution in [2.24, 2.45) is 5.92 Å². The summed E-state index contributed by atoms with van der Waals surface area (Å²) in [5.74, 6) is -0.908. The van der Waals surface area contributed by atoms with E-state index < -0.39 is 5.97 Å². The molecule has 3 heteroatoms. The first-order chi connectivity index (χ1) is 7.10. The van der Waals surface area contributed by atoms with Crippen LogP contribution in [0, 0.1) is 12.8 Å². The number of benzene rings is 1. The van der Waals surface area contributed by atoms with Crippen LogP contribution in [0.4, 0.5) is 0 Å². The molecule has 0 spiro atoms. The van der Waals surface area contributed by atoms with Crippen LogP contribution in [0.15, 0.2) is 24.3 Å². The second-order valence-corrected chi connectivity index (χ2v) is 4.81. The predicted molar refractivity (Wildman–Crippen MR) is 62.4 cm³/mol. The fourth-order valence-electron chi connectivity index (χ4n) is 2.13. The van der Waals surface area contributed by atoms with E-state index in [0.717, 1.165) is 17.3 Å². The van der Waals surface area contributed by atoms with Gasteiger partial charge in [-0.15, -0.1) is 0 Å². The van der Waals surface area contributed by atoms with Gasteiger partial charge in [-0.05, 0) is 18.9 Å². The highest BCUT2D eigenvalue weighted by atomic mass is 79.9. The van der Waals surface area contributed by atoms with Crippen molar-refractivity contribution >= 4 is 21.9 Å². The van der Waals surface area contributed by atoms with E-state index in [1.54, 1.807) is 0 Å². The lowest BCUT2D eigenvalue weighted by Crippen LogP contribution is -2.16. The lowest BCUT2D eigenvalue weighted by Gasteiger charge is -2.13. The molecule has 1 fully saturated rings. The van der Waals surface area contributed by atoms with E-state index in [2.05, 4.69) is 22.0 Å². The minimum Gasteiger partial charge on any atom is -0.481 e. The van der Waals surface area contributed by atoms with Crippen molar-refractivity contribution in [3.05, 3.63) is 35.4 Å². The van der Waals surface area contributed by atoms with Gasteiger partial charge in [0.1, 0.15) is 0 Å². The zero-order valence-corrected chi connectivity index (χ0v) is 10.1. The van der Waals surface area contributed by atoms with Crippen molar-refractivity contribution in [3.63, 3.8) is 0 Å². The zero-order chi connectivity index (χ0) is 11.1. The van der Waals surface area contributed by atoms with Crippen LogP contribution < -0.4 is 0 Å². The van der Waals surface area contributed by atoms with Gasteiger partial charge < -0.3 is 5.11 Å². The monoisotopic (exact) mass is 268 g/mol. The summed E-state index contributed by atoms with van der Waals surface area (Å²) in [6, 6.07) is 8.14. The molecule has 0 unspecified atom stereocenters. The Balaban J connectivity index is 2.34. The molecule has 1 saturated carbocycles. The third-order valence-corrected chi connectivity index (χ3v) is 4.21. The molecule has 0 aromatic heterocycles. The largest absolute Gasteiger partial charge is 0.481 e. The molecule has 0 saturated heterocycles. The van der Waals surface area contributed by atoms with Crippen molar-refractivity contribution in [2.45, 2.75) is 18.8 Å². The number of hydrogen-bond acceptors (Lipinski definition) is 1. The summed E-state index contributed by atoms with van der Waals surface area (Å²) in [6.45, 7) is 2.03. The van der Waals surface area contributed by atoms with Gasteiger partial charge in [-0.1, -0.05) is 45.8 Å². The molecule has 0 heterocycles. The molecule has 1 aromatic rings. The second-order valence-electron chi connectivity index (χ2n) is 4.25. The Kier molecular flexibility index (Phi) is 2.59. The van der Waals surface area contributed by atoms with Crippen LogP contribution in [0.25, 0.3) is 0 Å². The number of halogens is 1. The average Bonchev–Trinajstić information content (AvgIpc) is 2.93. The molecule has 1 aromatic carbocycles. The van der Waals surface area contributed by atoms with Gasteiger partial charge in [-0.25, -0.2) is 0 Å². The minimum atomic E-state index is -0.684. The molecule has 0 radical (unpaired) electrons. The number of carbonyl (C=O) groups is 1. The van der Waals surface area contributed by atoms with E-state index in [-0.39, 0.29) is 11.3 Å². The van der Waals surface area contributed by atoms with Gasteiger partial charge in [-0.2, -0.15) is 0 Å². The van der Waals surface area contributed by atoms with E-state index in [1.165, 1.54) is 5.56 Å². The molecule has 0 amide bonds. The van der Waals surface area contributed by atoms with Crippen molar-refractivity contribution in [3.8, 4) is 0 Å². The quantitative estimate of drug-likeness (QED) is 0.857. The molecule has 2 nitrogen and oxygen atoms in total. The van der Waals surface area contributed by atoms with E-state index >= 15 is 0 Å². The zero-order valence-electron chi connectivity index (χ0n) is 8.53. The molecular weight excluding hydrogens is 256 g/mol. The molecule has 80 valence electrons. The van der Waals surface area contributed by atoms with Crippen LogP contribution in [0.2, 0.25) is 0 Å². The smallest absolute Gasteiger partial charge is 0.307 e. The summed E-state index contributed by atoms with van der Waals surface area (Å²) in [6.07, 6.45) is 0.747. The highest BCUT2D eigenvalue weighted by Gasteiger charge is 2.58. The summed E-state index contributed by atoms with van der Waals surface area (Å²) in [4.78, 5) is 11.0. The van der Waals surface area contributed by atoms with Gasteiger partial charge in [0.15, 0.2) is 0 Å². The van der Waals surface area contributed by atoms with Crippen LogP contribution in [-0.4, -0.2) is 16.4 Å². The van der Waals surface area contributed by atoms with Crippen molar-refractivity contribution in [2.75, 3.05) is 5.33 Å². The van der Waals surface area contributed by atoms with E-state index in [4.69, 9.17) is 5.11 Å². The van der Waals surface area contributed by atoms with Gasteiger partial charge >= 0.3 is 5.97 Å². The minimum absolute atomic E-state index is 0.169. The molecule has 1 aliphatic carbocycles. The maximum Gasteiger partial charge on any atom is 0.307 e. The molecule has 0 bridgehead atoms. The lowest BCUT2D eigenvalue weighted by molar-refractivity contribution is -0.138. The van der Waals surface area contributed by atoms with Gasteiger partial charge in [0, 0.05) is 10.7 Å². The first-order valence-electron chi connectivity index (χ1n) is 4.96. The van der Waals surface area contributed by atoms with Gasteiger partial charge in [-0.3, -0.25) is 4.79 Å². The molecule has 2 atom stereocenters. The van der Waals surface area contributed by atoms with Gasteiger partial charge in [0.05, 0.1) is 5.92 Å². The number of aliphatic carboxylic acids is 1. The fraction of sp³-hybridized carbons (Fsp3) is 0.417. The Bertz CT molecular complexity index is 402. The van der Waals surface area contributed by atoms with Gasteiger partial charge in [0.25, 0.3) is 0 Å². The molecular formula is C12H13BrO2. The SMILES string of the molecule is Cc1cccc([C@]2(CBr)C[C@H]2C(=O)O)c1. The van der Waals surface area contributed by atoms with E-state index in [9.17, 15) is 4.79 Å². The first kappa shape index (κ1) is 10.7. The molecule has 15 heavy (non-hydrogen) atoms. The summed E-state index contributed by atoms with van der Waals surface area (Å²) in [5, 5.41) is 9.75. The Labute approximate surface area is 97.4 Å². The Morgan fingerprint density at radius 3 is 2.87 bits per heavy atom. The van der Waals surface area contributed by atoms with E-state index in [0.29, 0.717) is 0 Å². The maximum absolute atomic E-state index is 11.0. The van der Waals surface area contributed by atoms with Crippen LogP contribution in [0.5, 0.6) is 0 Å². The maximum atomic E-state index is 11.0. The Morgan fingerprint density at radius 1 is 1.67 bits per heavy atom. The topological polar surface area (TPSA) is 37.3 Å². The summed E-state index contributed by atoms with van der Waals surface area (Å²) < 4.78 is 0. The van der Waals surface area contributed by atoms with Crippen molar-refractivity contribution in [1.82, 2.24) is 0 Å². The number of alkyl halides is 1. The number of rotatable bonds is 3. The van der Waals surface area contributed by atoms with Crippen LogP contribution >= 0.6 is 15.9 Å². The standard InChI is InChI=1S/C12H13BrO2/c1-8-3-2-4-9(5-8)12(7-13)6-10(12)11(14)15/h2-5,10H,6-7H2,1H3,(H,14,15)/t10-,12+/m0/s1. The summed E-state index contributed by atoms with van der Waals surface area (Å²) in [7, 11) is 0. The third-order valence-electron chi connectivity index (χ3n) is 3.20. The highest BCUT2D eigenvalue weighted by Crippen LogP contribution is 2.55. The molecule has 1 aliphatic rings. The highest BCUT2D eigenvalue weighted by molar-refractivity contribution is 9.09. The van der Waals surface area contributed by atoms with Crippen LogP contribution in [0.1, 0.15) is 17.5 Å². The summed E-state index contributed by atoms with van der Waals surface area (Å²) >= 11 is 3.44. The van der Waals surface area contributed by atoms with E-state index in [1.807, 2.05) is 25.1 Å². The molecule has 1 N–H and O–H groups in total. The third kappa shape index (κ3) is 1.69. The van der Waals surface area contributed by atoms with Crippen LogP contribution in [0.3, 0.4) is 0 Å². The van der Waals surface area contributed by atoms with Crippen molar-refractivity contribution < 1.29 is 9.90 Å². The predicted octanol–water partition coefficient (Wildman–Crippen LogP) is 2.73. The fourth-order valence-corrected chi connectivity index (χ4v) is 3.07.